The monoisotopic (exact) mass is 374 g/mol. The Morgan fingerprint density at radius 1 is 1.21 bits per heavy atom. The summed E-state index contributed by atoms with van der Waals surface area (Å²) in [6, 6.07) is 7.62. The molecule has 10 heteroatoms. The number of nitrogens with zero attached hydrogens (tertiary/aromatic N) is 5. The number of carbonyl (C=O) groups is 1. The lowest BCUT2D eigenvalue weighted by molar-refractivity contribution is -0.113. The van der Waals surface area contributed by atoms with Gasteiger partial charge in [0.05, 0.1) is 10.6 Å². The van der Waals surface area contributed by atoms with Crippen molar-refractivity contribution in [3.63, 3.8) is 0 Å². The zero-order valence-corrected chi connectivity index (χ0v) is 14.6. The molecule has 1 N–H and O–H groups in total. The first-order valence-electron chi connectivity index (χ1n) is 6.88. The van der Waals surface area contributed by atoms with E-state index in [0.29, 0.717) is 16.6 Å². The normalized spacial score (nSPS) is 11.0. The first-order chi connectivity index (χ1) is 11.8. The quantitative estimate of drug-likeness (QED) is 0.541. The molecule has 0 atom stereocenters. The Hall–Kier alpha value is -2.30. The minimum atomic E-state index is -0.112. The number of anilines is 1. The standard InChI is InChI=1S/C14H10N6OS3/c21-11(16-14-15-5-7-23-14)8-24-12-4-3-10-17-18-13(20(10)19-12)9-2-1-6-22-9/h1-7H,8H2,(H,15,16,21). The Kier molecular flexibility index (Phi) is 4.24. The van der Waals surface area contributed by atoms with Gasteiger partial charge in [-0.25, -0.2) is 4.98 Å². The maximum absolute atomic E-state index is 11.9. The van der Waals surface area contributed by atoms with Gasteiger partial charge in [-0.2, -0.15) is 9.61 Å². The fraction of sp³-hybridized carbons (Fsp3) is 0.0714. The van der Waals surface area contributed by atoms with Crippen molar-refractivity contribution in [3.8, 4) is 10.7 Å². The molecule has 4 aromatic rings. The van der Waals surface area contributed by atoms with E-state index in [0.717, 1.165) is 9.90 Å². The van der Waals surface area contributed by atoms with Gasteiger partial charge in [-0.1, -0.05) is 17.8 Å². The molecule has 1 amide bonds. The van der Waals surface area contributed by atoms with Crippen LogP contribution in [0.15, 0.2) is 46.2 Å². The summed E-state index contributed by atoms with van der Waals surface area (Å²) in [4.78, 5) is 17.0. The first kappa shape index (κ1) is 15.2. The lowest BCUT2D eigenvalue weighted by Crippen LogP contribution is -2.14. The summed E-state index contributed by atoms with van der Waals surface area (Å²) in [5.74, 6) is 0.850. The highest BCUT2D eigenvalue weighted by Gasteiger charge is 2.12. The number of amides is 1. The predicted octanol–water partition coefficient (Wildman–Crippen LogP) is 3.04. The minimum Gasteiger partial charge on any atom is -0.301 e. The van der Waals surface area contributed by atoms with Gasteiger partial charge < -0.3 is 5.32 Å². The van der Waals surface area contributed by atoms with Crippen molar-refractivity contribution in [3.05, 3.63) is 41.2 Å². The maximum atomic E-state index is 11.9. The van der Waals surface area contributed by atoms with Crippen molar-refractivity contribution in [2.75, 3.05) is 11.1 Å². The third-order valence-electron chi connectivity index (χ3n) is 3.01. The number of thioether (sulfide) groups is 1. The zero-order chi connectivity index (χ0) is 16.4. The van der Waals surface area contributed by atoms with E-state index in [-0.39, 0.29) is 11.7 Å². The van der Waals surface area contributed by atoms with E-state index in [9.17, 15) is 4.79 Å². The molecule has 0 aliphatic rings. The number of rotatable bonds is 5. The van der Waals surface area contributed by atoms with Crippen LogP contribution in [-0.2, 0) is 4.79 Å². The number of thiazole rings is 1. The summed E-state index contributed by atoms with van der Waals surface area (Å²) in [6.45, 7) is 0. The summed E-state index contributed by atoms with van der Waals surface area (Å²) < 4.78 is 1.70. The third kappa shape index (κ3) is 3.16. The minimum absolute atomic E-state index is 0.112. The van der Waals surface area contributed by atoms with Gasteiger partial charge in [-0.05, 0) is 23.6 Å². The molecule has 0 fully saturated rings. The lowest BCUT2D eigenvalue weighted by Gasteiger charge is -2.03. The molecule has 4 aromatic heterocycles. The van der Waals surface area contributed by atoms with Gasteiger partial charge in [0.15, 0.2) is 16.6 Å². The van der Waals surface area contributed by atoms with Gasteiger partial charge in [-0.3, -0.25) is 4.79 Å². The van der Waals surface area contributed by atoms with Gasteiger partial charge in [-0.15, -0.1) is 32.9 Å². The summed E-state index contributed by atoms with van der Waals surface area (Å²) >= 11 is 4.33. The van der Waals surface area contributed by atoms with E-state index in [2.05, 4.69) is 25.6 Å². The Balaban J connectivity index is 1.50. The zero-order valence-electron chi connectivity index (χ0n) is 12.1. The van der Waals surface area contributed by atoms with Crippen LogP contribution < -0.4 is 5.32 Å². The van der Waals surface area contributed by atoms with Crippen LogP contribution in [0.25, 0.3) is 16.3 Å². The number of fused-ring (bicyclic) bond motifs is 1. The van der Waals surface area contributed by atoms with Crippen molar-refractivity contribution in [1.82, 2.24) is 24.8 Å². The number of hydrogen-bond donors (Lipinski definition) is 1. The highest BCUT2D eigenvalue weighted by atomic mass is 32.2. The fourth-order valence-corrected chi connectivity index (χ4v) is 3.88. The van der Waals surface area contributed by atoms with Gasteiger partial charge in [0.25, 0.3) is 0 Å². The molecule has 0 radical (unpaired) electrons. The number of nitrogens with one attached hydrogen (secondary N) is 1. The molecule has 0 spiro atoms. The van der Waals surface area contributed by atoms with Gasteiger partial charge >= 0.3 is 0 Å². The average Bonchev–Trinajstić information content (AvgIpc) is 3.33. The molecule has 0 saturated carbocycles. The number of carbonyl (C=O) groups excluding carboxylic acids is 1. The van der Waals surface area contributed by atoms with Crippen LogP contribution in [0, 0.1) is 0 Å². The van der Waals surface area contributed by atoms with Gasteiger partial charge in [0.1, 0.15) is 5.03 Å². The van der Waals surface area contributed by atoms with Gasteiger partial charge in [0, 0.05) is 11.6 Å². The van der Waals surface area contributed by atoms with Crippen LogP contribution in [0.3, 0.4) is 0 Å². The molecule has 24 heavy (non-hydrogen) atoms. The second-order valence-electron chi connectivity index (χ2n) is 4.62. The highest BCUT2D eigenvalue weighted by molar-refractivity contribution is 7.99. The second kappa shape index (κ2) is 6.67. The van der Waals surface area contributed by atoms with E-state index in [1.807, 2.05) is 35.0 Å². The summed E-state index contributed by atoms with van der Waals surface area (Å²) in [7, 11) is 0. The lowest BCUT2D eigenvalue weighted by atomic mass is 10.4. The molecule has 4 heterocycles. The summed E-state index contributed by atoms with van der Waals surface area (Å²) in [5, 5.41) is 20.7. The third-order valence-corrected chi connectivity index (χ3v) is 5.48. The van der Waals surface area contributed by atoms with Crippen molar-refractivity contribution in [2.45, 2.75) is 5.03 Å². The first-order valence-corrected chi connectivity index (χ1v) is 9.62. The van der Waals surface area contributed by atoms with Crippen LogP contribution >= 0.6 is 34.4 Å². The molecule has 0 unspecified atom stereocenters. The number of hydrogen-bond acceptors (Lipinski definition) is 8. The molecule has 120 valence electrons. The van der Waals surface area contributed by atoms with Crippen LogP contribution in [0.1, 0.15) is 0 Å². The fourth-order valence-electron chi connectivity index (χ4n) is 1.99. The molecule has 0 aromatic carbocycles. The van der Waals surface area contributed by atoms with E-state index in [1.54, 1.807) is 22.0 Å². The Bertz CT molecular complexity index is 964. The molecule has 7 nitrogen and oxygen atoms in total. The largest absolute Gasteiger partial charge is 0.301 e. The van der Waals surface area contributed by atoms with Crippen LogP contribution in [0.5, 0.6) is 0 Å². The summed E-state index contributed by atoms with van der Waals surface area (Å²) in [6.07, 6.45) is 1.65. The Morgan fingerprint density at radius 2 is 2.17 bits per heavy atom. The van der Waals surface area contributed by atoms with E-state index in [1.165, 1.54) is 23.1 Å². The van der Waals surface area contributed by atoms with Crippen LogP contribution in [-0.4, -0.2) is 36.5 Å². The summed E-state index contributed by atoms with van der Waals surface area (Å²) in [5.41, 5.74) is 0.676. The molecular weight excluding hydrogens is 364 g/mol. The second-order valence-corrected chi connectivity index (χ2v) is 7.45. The van der Waals surface area contributed by atoms with E-state index >= 15 is 0 Å². The molecule has 4 rings (SSSR count). The molecular formula is C14H10N6OS3. The molecule has 0 aliphatic heterocycles. The highest BCUT2D eigenvalue weighted by Crippen LogP contribution is 2.24. The predicted molar refractivity (Wildman–Crippen MR) is 95.6 cm³/mol. The van der Waals surface area contributed by atoms with Gasteiger partial charge in [0.2, 0.25) is 5.91 Å². The maximum Gasteiger partial charge on any atom is 0.236 e. The number of thiophene rings is 1. The van der Waals surface area contributed by atoms with Crippen LogP contribution in [0.2, 0.25) is 0 Å². The number of aromatic nitrogens is 5. The SMILES string of the molecule is O=C(CSc1ccc2nnc(-c3cccs3)n2n1)Nc1nccs1. The average molecular weight is 374 g/mol. The Morgan fingerprint density at radius 3 is 2.96 bits per heavy atom. The van der Waals surface area contributed by atoms with E-state index in [4.69, 9.17) is 0 Å². The molecule has 0 bridgehead atoms. The van der Waals surface area contributed by atoms with E-state index < -0.39 is 0 Å². The van der Waals surface area contributed by atoms with Crippen LogP contribution in [0.4, 0.5) is 5.13 Å². The van der Waals surface area contributed by atoms with Crippen molar-refractivity contribution in [1.29, 1.82) is 0 Å². The topological polar surface area (TPSA) is 85.1 Å². The van der Waals surface area contributed by atoms with Crippen molar-refractivity contribution < 1.29 is 4.79 Å². The van der Waals surface area contributed by atoms with Crippen molar-refractivity contribution >= 4 is 51.1 Å². The Labute approximate surface area is 148 Å². The molecule has 0 aliphatic carbocycles. The smallest absolute Gasteiger partial charge is 0.236 e. The van der Waals surface area contributed by atoms with Crippen molar-refractivity contribution in [2.24, 2.45) is 0 Å². The molecule has 0 saturated heterocycles.